The Labute approximate surface area is 136 Å². The van der Waals surface area contributed by atoms with Crippen LogP contribution >= 0.6 is 12.4 Å². The van der Waals surface area contributed by atoms with E-state index in [-0.39, 0.29) is 24.4 Å². The van der Waals surface area contributed by atoms with Crippen molar-refractivity contribution in [3.05, 3.63) is 48.3 Å². The van der Waals surface area contributed by atoms with Gasteiger partial charge in [0.05, 0.1) is 6.42 Å². The molecule has 0 aliphatic carbocycles. The zero-order valence-electron chi connectivity index (χ0n) is 12.5. The van der Waals surface area contributed by atoms with Crippen molar-refractivity contribution in [3.63, 3.8) is 0 Å². The number of rotatable bonds is 3. The fraction of sp³-hybridized carbons (Fsp3) is 0.400. The molecule has 1 amide bonds. The molecule has 1 aliphatic heterocycles. The molecule has 1 aliphatic rings. The van der Waals surface area contributed by atoms with Crippen LogP contribution in [-0.4, -0.2) is 45.0 Å². The van der Waals surface area contributed by atoms with Gasteiger partial charge in [0.15, 0.2) is 0 Å². The SMILES string of the molecule is Cl.Cn1ccnc1C1CNCCN1C(=O)Cc1cccnc1. The van der Waals surface area contributed by atoms with Crippen LogP contribution in [0.2, 0.25) is 0 Å². The number of carbonyl (C=O) groups excluding carboxylic acids is 1. The number of imidazole rings is 1. The van der Waals surface area contributed by atoms with E-state index >= 15 is 0 Å². The van der Waals surface area contributed by atoms with Gasteiger partial charge in [-0.2, -0.15) is 0 Å². The van der Waals surface area contributed by atoms with Crippen molar-refractivity contribution in [2.75, 3.05) is 19.6 Å². The maximum absolute atomic E-state index is 12.6. The van der Waals surface area contributed by atoms with Gasteiger partial charge in [0.25, 0.3) is 0 Å². The highest BCUT2D eigenvalue weighted by molar-refractivity contribution is 5.85. The van der Waals surface area contributed by atoms with Crippen LogP contribution in [0.15, 0.2) is 36.9 Å². The molecule has 1 N–H and O–H groups in total. The van der Waals surface area contributed by atoms with E-state index < -0.39 is 0 Å². The molecular formula is C15H20ClN5O. The minimum absolute atomic E-state index is 0. The second kappa shape index (κ2) is 7.38. The maximum Gasteiger partial charge on any atom is 0.227 e. The largest absolute Gasteiger partial charge is 0.336 e. The Kier molecular flexibility index (Phi) is 5.51. The van der Waals surface area contributed by atoms with Crippen molar-refractivity contribution in [3.8, 4) is 0 Å². The maximum atomic E-state index is 12.6. The predicted molar refractivity (Wildman–Crippen MR) is 85.7 cm³/mol. The van der Waals surface area contributed by atoms with Crippen LogP contribution in [0.25, 0.3) is 0 Å². The third-order valence-corrected chi connectivity index (χ3v) is 3.80. The zero-order valence-corrected chi connectivity index (χ0v) is 13.3. The fourth-order valence-electron chi connectivity index (χ4n) is 2.71. The van der Waals surface area contributed by atoms with Gasteiger partial charge in [-0.1, -0.05) is 6.07 Å². The molecule has 1 fully saturated rings. The molecule has 1 saturated heterocycles. The van der Waals surface area contributed by atoms with Crippen LogP contribution in [0.1, 0.15) is 17.4 Å². The average molecular weight is 322 g/mol. The summed E-state index contributed by atoms with van der Waals surface area (Å²) in [6.45, 7) is 2.26. The number of carbonyl (C=O) groups is 1. The van der Waals surface area contributed by atoms with E-state index in [4.69, 9.17) is 0 Å². The van der Waals surface area contributed by atoms with Gasteiger partial charge in [0.2, 0.25) is 5.91 Å². The molecule has 3 heterocycles. The Bertz CT molecular complexity index is 615. The molecular weight excluding hydrogens is 302 g/mol. The number of halogens is 1. The summed E-state index contributed by atoms with van der Waals surface area (Å²) in [5.41, 5.74) is 0.944. The Morgan fingerprint density at radius 2 is 2.32 bits per heavy atom. The van der Waals surface area contributed by atoms with Crippen molar-refractivity contribution in [2.45, 2.75) is 12.5 Å². The van der Waals surface area contributed by atoms with Gasteiger partial charge in [0, 0.05) is 51.5 Å². The van der Waals surface area contributed by atoms with E-state index in [1.165, 1.54) is 0 Å². The number of aromatic nitrogens is 3. The first-order valence-corrected chi connectivity index (χ1v) is 7.12. The van der Waals surface area contributed by atoms with E-state index in [0.29, 0.717) is 13.0 Å². The van der Waals surface area contributed by atoms with E-state index in [9.17, 15) is 4.79 Å². The molecule has 0 saturated carbocycles. The predicted octanol–water partition coefficient (Wildman–Crippen LogP) is 0.952. The smallest absolute Gasteiger partial charge is 0.227 e. The normalized spacial score (nSPS) is 17.9. The molecule has 7 heteroatoms. The summed E-state index contributed by atoms with van der Waals surface area (Å²) in [5.74, 6) is 1.04. The van der Waals surface area contributed by atoms with Gasteiger partial charge in [0.1, 0.15) is 11.9 Å². The number of nitrogens with zero attached hydrogens (tertiary/aromatic N) is 4. The molecule has 2 aromatic heterocycles. The van der Waals surface area contributed by atoms with Crippen molar-refractivity contribution >= 4 is 18.3 Å². The third-order valence-electron chi connectivity index (χ3n) is 3.80. The van der Waals surface area contributed by atoms with Gasteiger partial charge in [-0.05, 0) is 11.6 Å². The van der Waals surface area contributed by atoms with Gasteiger partial charge in [-0.3, -0.25) is 9.78 Å². The monoisotopic (exact) mass is 321 g/mol. The van der Waals surface area contributed by atoms with Crippen LogP contribution in [0, 0.1) is 0 Å². The minimum Gasteiger partial charge on any atom is -0.336 e. The molecule has 0 aromatic carbocycles. The first kappa shape index (κ1) is 16.5. The van der Waals surface area contributed by atoms with E-state index in [1.54, 1.807) is 18.6 Å². The Hall–Kier alpha value is -1.92. The fourth-order valence-corrected chi connectivity index (χ4v) is 2.71. The van der Waals surface area contributed by atoms with Gasteiger partial charge in [-0.15, -0.1) is 12.4 Å². The number of pyridine rings is 1. The van der Waals surface area contributed by atoms with Crippen LogP contribution < -0.4 is 5.32 Å². The topological polar surface area (TPSA) is 63.1 Å². The average Bonchev–Trinajstić information content (AvgIpc) is 2.94. The van der Waals surface area contributed by atoms with Crippen molar-refractivity contribution < 1.29 is 4.79 Å². The van der Waals surface area contributed by atoms with E-state index in [1.807, 2.05) is 34.8 Å². The number of amides is 1. The first-order valence-electron chi connectivity index (χ1n) is 7.12. The zero-order chi connectivity index (χ0) is 14.7. The van der Waals surface area contributed by atoms with Gasteiger partial charge >= 0.3 is 0 Å². The van der Waals surface area contributed by atoms with Crippen LogP contribution in [0.3, 0.4) is 0 Å². The number of hydrogen-bond acceptors (Lipinski definition) is 4. The summed E-state index contributed by atoms with van der Waals surface area (Å²) in [5, 5.41) is 3.34. The standard InChI is InChI=1S/C15H19N5O.ClH/c1-19-7-6-18-15(19)13-11-17-5-8-20(13)14(21)9-12-3-2-4-16-10-12;/h2-4,6-7,10,13,17H,5,8-9,11H2,1H3;1H. The molecule has 0 bridgehead atoms. The third kappa shape index (κ3) is 3.45. The van der Waals surface area contributed by atoms with Gasteiger partial charge in [-0.25, -0.2) is 4.98 Å². The summed E-state index contributed by atoms with van der Waals surface area (Å²) < 4.78 is 1.97. The molecule has 0 radical (unpaired) electrons. The first-order chi connectivity index (χ1) is 10.3. The molecule has 6 nitrogen and oxygen atoms in total. The molecule has 22 heavy (non-hydrogen) atoms. The second-order valence-corrected chi connectivity index (χ2v) is 5.24. The van der Waals surface area contributed by atoms with Gasteiger partial charge < -0.3 is 14.8 Å². The lowest BCUT2D eigenvalue weighted by atomic mass is 10.1. The molecule has 0 spiro atoms. The highest BCUT2D eigenvalue weighted by Gasteiger charge is 2.30. The minimum atomic E-state index is -0.0112. The molecule has 1 atom stereocenters. The van der Waals surface area contributed by atoms with E-state index in [0.717, 1.165) is 24.5 Å². The quantitative estimate of drug-likeness (QED) is 0.914. The lowest BCUT2D eigenvalue weighted by molar-refractivity contribution is -0.134. The molecule has 1 unspecified atom stereocenters. The Morgan fingerprint density at radius 3 is 3.00 bits per heavy atom. The number of nitrogens with one attached hydrogen (secondary N) is 1. The summed E-state index contributed by atoms with van der Waals surface area (Å²) in [6, 6.07) is 3.78. The Morgan fingerprint density at radius 1 is 1.45 bits per heavy atom. The second-order valence-electron chi connectivity index (χ2n) is 5.24. The molecule has 3 rings (SSSR count). The Balaban J connectivity index is 0.00000176. The summed E-state index contributed by atoms with van der Waals surface area (Å²) >= 11 is 0. The van der Waals surface area contributed by atoms with Crippen LogP contribution in [-0.2, 0) is 18.3 Å². The van der Waals surface area contributed by atoms with Crippen molar-refractivity contribution in [1.29, 1.82) is 0 Å². The number of piperazine rings is 1. The van der Waals surface area contributed by atoms with Crippen molar-refractivity contribution in [2.24, 2.45) is 7.05 Å². The molecule has 118 valence electrons. The number of hydrogen-bond donors (Lipinski definition) is 1. The summed E-state index contributed by atoms with van der Waals surface area (Å²) in [6.07, 6.45) is 7.53. The number of aryl methyl sites for hydroxylation is 1. The van der Waals surface area contributed by atoms with Crippen molar-refractivity contribution in [1.82, 2.24) is 24.8 Å². The van der Waals surface area contributed by atoms with Crippen LogP contribution in [0.5, 0.6) is 0 Å². The van der Waals surface area contributed by atoms with E-state index in [2.05, 4.69) is 15.3 Å². The lowest BCUT2D eigenvalue weighted by Gasteiger charge is -2.35. The van der Waals surface area contributed by atoms with Crippen LogP contribution in [0.4, 0.5) is 0 Å². The summed E-state index contributed by atoms with van der Waals surface area (Å²) in [4.78, 5) is 23.0. The molecule has 2 aromatic rings. The lowest BCUT2D eigenvalue weighted by Crippen LogP contribution is -2.49. The highest BCUT2D eigenvalue weighted by atomic mass is 35.5. The highest BCUT2D eigenvalue weighted by Crippen LogP contribution is 2.21. The summed E-state index contributed by atoms with van der Waals surface area (Å²) in [7, 11) is 1.96.